The van der Waals surface area contributed by atoms with Gasteiger partial charge in [-0.25, -0.2) is 14.8 Å². The minimum atomic E-state index is -4.69. The monoisotopic (exact) mass is 845 g/mol. The van der Waals surface area contributed by atoms with Gasteiger partial charge in [0.05, 0.1) is 31.9 Å². The Morgan fingerprint density at radius 1 is 0.950 bits per heavy atom. The van der Waals surface area contributed by atoms with Gasteiger partial charge in [-0.1, -0.05) is 18.2 Å². The molecule has 5 aromatic rings. The van der Waals surface area contributed by atoms with Gasteiger partial charge in [0.15, 0.2) is 0 Å². The number of nitrogens with zero attached hydrogens (tertiary/aromatic N) is 5. The number of thiazole rings is 1. The molecule has 16 heteroatoms. The largest absolute Gasteiger partial charge is 0.433 e. The fourth-order valence-corrected chi connectivity index (χ4v) is 10.6. The molecule has 318 valence electrons. The Morgan fingerprint density at radius 2 is 1.68 bits per heavy atom. The van der Waals surface area contributed by atoms with Crippen LogP contribution in [-0.4, -0.2) is 66.5 Å². The van der Waals surface area contributed by atoms with Crippen LogP contribution in [0.1, 0.15) is 116 Å². The molecular formula is C44H50F3N7O5S. The molecule has 1 saturated carbocycles. The first-order valence-electron chi connectivity index (χ1n) is 20.8. The summed E-state index contributed by atoms with van der Waals surface area (Å²) in [7, 11) is 1.75. The van der Waals surface area contributed by atoms with Crippen molar-refractivity contribution in [2.75, 3.05) is 25.0 Å². The fraction of sp³-hybridized carbons (Fsp3) is 0.500. The van der Waals surface area contributed by atoms with Gasteiger partial charge in [-0.3, -0.25) is 28.8 Å². The second-order valence-electron chi connectivity index (χ2n) is 17.3. The highest BCUT2D eigenvalue weighted by Gasteiger charge is 2.35. The maximum Gasteiger partial charge on any atom is 0.433 e. The highest BCUT2D eigenvalue weighted by Crippen LogP contribution is 2.42. The molecule has 3 amide bonds. The molecule has 2 saturated heterocycles. The number of rotatable bonds is 10. The lowest BCUT2D eigenvalue weighted by atomic mass is 9.81. The quantitative estimate of drug-likeness (QED) is 0.123. The maximum absolute atomic E-state index is 13.4. The van der Waals surface area contributed by atoms with E-state index in [1.165, 1.54) is 6.07 Å². The lowest BCUT2D eigenvalue weighted by molar-refractivity contribution is -0.141. The number of pyridine rings is 1. The van der Waals surface area contributed by atoms with Crippen molar-refractivity contribution in [1.29, 1.82) is 0 Å². The van der Waals surface area contributed by atoms with Crippen molar-refractivity contribution >= 4 is 56.0 Å². The van der Waals surface area contributed by atoms with Crippen molar-refractivity contribution in [2.45, 2.75) is 102 Å². The van der Waals surface area contributed by atoms with Gasteiger partial charge < -0.3 is 15.3 Å². The van der Waals surface area contributed by atoms with Crippen molar-refractivity contribution < 1.29 is 32.7 Å². The van der Waals surface area contributed by atoms with Crippen LogP contribution in [0.5, 0.6) is 0 Å². The first kappa shape index (κ1) is 41.8. The van der Waals surface area contributed by atoms with Gasteiger partial charge >= 0.3 is 11.9 Å². The zero-order valence-electron chi connectivity index (χ0n) is 34.0. The molecule has 3 N–H and O–H groups in total. The first-order valence-corrected chi connectivity index (χ1v) is 21.6. The molecule has 0 bridgehead atoms. The third-order valence-electron chi connectivity index (χ3n) is 12.7. The fourth-order valence-electron chi connectivity index (χ4n) is 9.41. The number of likely N-dealkylation sites (tertiary alicyclic amines) is 1. The summed E-state index contributed by atoms with van der Waals surface area (Å²) in [6, 6.07) is 11.9. The Balaban J connectivity index is 0.847. The minimum Gasteiger partial charge on any atom is -0.386 e. The highest BCUT2D eigenvalue weighted by atomic mass is 32.1. The summed E-state index contributed by atoms with van der Waals surface area (Å²) in [5.41, 5.74) is 0.961. The number of aromatic nitrogens is 4. The molecular weight excluding hydrogens is 796 g/mol. The summed E-state index contributed by atoms with van der Waals surface area (Å²) in [5, 5.41) is 17.1. The van der Waals surface area contributed by atoms with E-state index < -0.39 is 35.3 Å². The van der Waals surface area contributed by atoms with Gasteiger partial charge in [-0.2, -0.15) is 13.2 Å². The molecule has 0 spiro atoms. The second kappa shape index (κ2) is 16.5. The third-order valence-corrected chi connectivity index (χ3v) is 13.9. The van der Waals surface area contributed by atoms with Gasteiger partial charge in [0.25, 0.3) is 5.91 Å². The molecule has 8 rings (SSSR count). The summed E-state index contributed by atoms with van der Waals surface area (Å²) in [5.74, 6) is -0.0475. The molecule has 2 aromatic carbocycles. The van der Waals surface area contributed by atoms with Crippen LogP contribution in [0, 0.1) is 11.8 Å². The maximum atomic E-state index is 13.4. The number of hydrogen-bond donors (Lipinski definition) is 3. The number of imidazole rings is 1. The number of aryl methyl sites for hydroxylation is 2. The molecule has 1 unspecified atom stereocenters. The zero-order valence-corrected chi connectivity index (χ0v) is 34.8. The van der Waals surface area contributed by atoms with Crippen LogP contribution in [0.3, 0.4) is 0 Å². The zero-order chi connectivity index (χ0) is 42.5. The van der Waals surface area contributed by atoms with Gasteiger partial charge in [-0.05, 0) is 132 Å². The van der Waals surface area contributed by atoms with E-state index in [9.17, 15) is 37.5 Å². The third kappa shape index (κ3) is 8.64. The van der Waals surface area contributed by atoms with Crippen LogP contribution < -0.4 is 16.3 Å². The average molecular weight is 846 g/mol. The number of para-hydroxylation sites is 1. The van der Waals surface area contributed by atoms with Crippen LogP contribution in [0.4, 0.5) is 18.9 Å². The number of nitrogens with one attached hydrogen (secondary N) is 2. The van der Waals surface area contributed by atoms with E-state index in [1.807, 2.05) is 12.1 Å². The van der Waals surface area contributed by atoms with E-state index in [0.717, 1.165) is 109 Å². The Hall–Kier alpha value is -4.93. The number of aliphatic hydroxyl groups is 1. The Kier molecular flexibility index (Phi) is 11.5. The highest BCUT2D eigenvalue weighted by molar-refractivity contribution is 7.18. The number of alkyl halides is 3. The van der Waals surface area contributed by atoms with E-state index in [1.54, 1.807) is 53.5 Å². The Bertz CT molecular complexity index is 2510. The van der Waals surface area contributed by atoms with Crippen molar-refractivity contribution in [3.05, 3.63) is 86.5 Å². The summed E-state index contributed by atoms with van der Waals surface area (Å²) in [4.78, 5) is 61.9. The number of imide groups is 1. The number of piperidine rings is 2. The van der Waals surface area contributed by atoms with E-state index in [2.05, 4.69) is 26.6 Å². The number of anilines is 1. The molecule has 2 aliphatic heterocycles. The van der Waals surface area contributed by atoms with Gasteiger partial charge in [0.2, 0.25) is 11.8 Å². The average Bonchev–Trinajstić information content (AvgIpc) is 3.74. The van der Waals surface area contributed by atoms with Crippen LogP contribution in [0.25, 0.3) is 21.3 Å². The number of carbonyl (C=O) groups excluding carboxylic acids is 3. The molecule has 12 nitrogen and oxygen atoms in total. The Labute approximate surface area is 349 Å². The smallest absolute Gasteiger partial charge is 0.386 e. The number of benzene rings is 2. The topological polar surface area (TPSA) is 151 Å². The second-order valence-corrected chi connectivity index (χ2v) is 18.4. The van der Waals surface area contributed by atoms with Crippen LogP contribution in [0.2, 0.25) is 0 Å². The molecule has 60 heavy (non-hydrogen) atoms. The van der Waals surface area contributed by atoms with Crippen molar-refractivity contribution in [3.8, 4) is 0 Å². The number of amides is 3. The number of halogens is 3. The number of hydrogen-bond acceptors (Lipinski definition) is 9. The summed E-state index contributed by atoms with van der Waals surface area (Å²) < 4.78 is 43.8. The van der Waals surface area contributed by atoms with Crippen LogP contribution in [0.15, 0.2) is 53.3 Å². The number of carbonyl (C=O) groups is 3. The predicted molar refractivity (Wildman–Crippen MR) is 223 cm³/mol. The summed E-state index contributed by atoms with van der Waals surface area (Å²) in [6.07, 6.45) is 4.18. The summed E-state index contributed by atoms with van der Waals surface area (Å²) >= 11 is 1.55. The van der Waals surface area contributed by atoms with Crippen molar-refractivity contribution in [2.24, 2.45) is 18.9 Å². The minimum absolute atomic E-state index is 0.210. The molecule has 1 aliphatic carbocycles. The molecule has 1 atom stereocenters. The molecule has 3 aliphatic rings. The molecule has 3 fully saturated rings. The van der Waals surface area contributed by atoms with E-state index >= 15 is 0 Å². The van der Waals surface area contributed by atoms with Gasteiger partial charge in [0.1, 0.15) is 17.4 Å². The van der Waals surface area contributed by atoms with E-state index in [0.29, 0.717) is 40.9 Å². The van der Waals surface area contributed by atoms with E-state index in [4.69, 9.17) is 4.98 Å². The molecule has 0 radical (unpaired) electrons. The van der Waals surface area contributed by atoms with Gasteiger partial charge in [0, 0.05) is 37.2 Å². The standard InChI is InChI=1S/C44H50F3N7O5S/c1-43(2,59)29-22-32-35(23-31(29)49-39(56)30-7-5-9-36(48-30)44(45,46)47)60-41(50-32)28-14-11-26(12-15-28)24-53-20-18-25(19-21-53)10-13-27-6-4-8-33-38(27)52(3)42(58)54(33)34-16-17-37(55)51-40(34)57/h4-9,22-23,25-26,28,34,59H,10-21,24H2,1-3H3,(H,49,56)(H,51,55,57). The van der Waals surface area contributed by atoms with Crippen LogP contribution in [-0.2, 0) is 34.8 Å². The van der Waals surface area contributed by atoms with Crippen molar-refractivity contribution in [3.63, 3.8) is 0 Å². The van der Waals surface area contributed by atoms with Crippen LogP contribution >= 0.6 is 11.3 Å². The predicted octanol–water partition coefficient (Wildman–Crippen LogP) is 7.44. The van der Waals surface area contributed by atoms with Crippen molar-refractivity contribution in [1.82, 2.24) is 29.3 Å². The normalized spacial score (nSPS) is 21.1. The SMILES string of the molecule is Cn1c(=O)n(C2CCC(=O)NC2=O)c2cccc(CCC3CCN(CC4CCC(c5nc6cc(C(C)(C)O)c(NC(=O)c7cccc(C(F)(F)F)n7)cc6s5)CC4)CC3)c21. The van der Waals surface area contributed by atoms with Gasteiger partial charge in [-0.15, -0.1) is 11.3 Å². The summed E-state index contributed by atoms with van der Waals surface area (Å²) in [6.45, 7) is 6.37. The Morgan fingerprint density at radius 3 is 2.38 bits per heavy atom. The first-order chi connectivity index (χ1) is 28.5. The van der Waals surface area contributed by atoms with E-state index in [-0.39, 0.29) is 23.7 Å². The lowest BCUT2D eigenvalue weighted by Gasteiger charge is -2.36. The molecule has 5 heterocycles. The number of fused-ring (bicyclic) bond motifs is 2. The lowest BCUT2D eigenvalue weighted by Crippen LogP contribution is -2.44. The molecule has 3 aromatic heterocycles.